The van der Waals surface area contributed by atoms with Crippen LogP contribution in [-0.2, 0) is 0 Å². The van der Waals surface area contributed by atoms with Gasteiger partial charge in [-0.15, -0.1) is 0 Å². The maximum absolute atomic E-state index is 4.10. The number of benzene rings is 10. The number of nitrogens with zero attached hydrogens (tertiary/aromatic N) is 2. The number of para-hydroxylation sites is 1. The van der Waals surface area contributed by atoms with Crippen molar-refractivity contribution in [1.29, 1.82) is 0 Å². The second-order valence-corrected chi connectivity index (χ2v) is 15.4. The molecule has 2 heterocycles. The van der Waals surface area contributed by atoms with Crippen LogP contribution in [0.4, 0.5) is 0 Å². The van der Waals surface area contributed by atoms with Gasteiger partial charge >= 0.3 is 0 Å². The van der Waals surface area contributed by atoms with Gasteiger partial charge < -0.3 is 9.13 Å². The van der Waals surface area contributed by atoms with Crippen molar-refractivity contribution in [2.24, 2.45) is 0 Å². The van der Waals surface area contributed by atoms with Crippen molar-refractivity contribution < 1.29 is 0 Å². The molecule has 12 rings (SSSR count). The molecular weight excluding hydrogens is 701 g/mol. The molecule has 12 aromatic rings. The summed E-state index contributed by atoms with van der Waals surface area (Å²) in [5, 5.41) is 12.6. The average molecular weight is 737 g/mol. The minimum atomic E-state index is 1.11. The van der Waals surface area contributed by atoms with Crippen molar-refractivity contribution in [3.63, 3.8) is 0 Å². The summed E-state index contributed by atoms with van der Waals surface area (Å²) in [6.07, 6.45) is 1.94. The third-order valence-electron chi connectivity index (χ3n) is 12.2. The van der Waals surface area contributed by atoms with Crippen molar-refractivity contribution >= 4 is 82.0 Å². The summed E-state index contributed by atoms with van der Waals surface area (Å²) in [7, 11) is 0. The van der Waals surface area contributed by atoms with Crippen molar-refractivity contribution in [2.75, 3.05) is 0 Å². The maximum Gasteiger partial charge on any atom is 0.0541 e. The van der Waals surface area contributed by atoms with E-state index in [1.54, 1.807) is 0 Å². The molecule has 270 valence electrons. The highest BCUT2D eigenvalue weighted by molar-refractivity contribution is 6.25. The smallest absolute Gasteiger partial charge is 0.0541 e. The molecule has 0 bridgehead atoms. The molecule has 0 atom stereocenters. The molecule has 0 saturated carbocycles. The fourth-order valence-corrected chi connectivity index (χ4v) is 9.55. The highest BCUT2D eigenvalue weighted by Crippen LogP contribution is 2.41. The van der Waals surface area contributed by atoms with Gasteiger partial charge in [-0.2, -0.15) is 0 Å². The molecule has 2 heteroatoms. The second-order valence-electron chi connectivity index (χ2n) is 15.4. The Bertz CT molecular complexity index is 3600. The van der Waals surface area contributed by atoms with Gasteiger partial charge in [0, 0.05) is 32.9 Å². The van der Waals surface area contributed by atoms with E-state index in [1.165, 1.54) is 98.2 Å². The molecule has 0 radical (unpaired) electrons. The van der Waals surface area contributed by atoms with Gasteiger partial charge in [0.1, 0.15) is 0 Å². The van der Waals surface area contributed by atoms with E-state index in [0.29, 0.717) is 0 Å². The monoisotopic (exact) mass is 736 g/mol. The molecule has 0 aliphatic heterocycles. The third-order valence-corrected chi connectivity index (χ3v) is 12.2. The molecule has 0 fully saturated rings. The van der Waals surface area contributed by atoms with Crippen LogP contribution in [0.15, 0.2) is 207 Å². The van der Waals surface area contributed by atoms with Gasteiger partial charge in [-0.3, -0.25) is 0 Å². The Labute approximate surface area is 335 Å². The quantitative estimate of drug-likeness (QED) is 0.156. The zero-order valence-electron chi connectivity index (χ0n) is 31.7. The first kappa shape index (κ1) is 32.6. The minimum Gasteiger partial charge on any atom is -0.309 e. The molecular formula is C56H36N2. The lowest BCUT2D eigenvalue weighted by atomic mass is 9.94. The van der Waals surface area contributed by atoms with Crippen LogP contribution in [0.5, 0.6) is 0 Å². The van der Waals surface area contributed by atoms with Crippen LogP contribution in [0.3, 0.4) is 0 Å². The molecule has 2 aromatic heterocycles. The summed E-state index contributed by atoms with van der Waals surface area (Å²) in [5.41, 5.74) is 13.0. The standard InChI is InChI=1S/C56H36N2/c1-2-36-23-28-54-50(31-36)52-34-40(25-30-56(52)57(54)41-16-12-15-38(32-41)37-13-4-3-5-14-37)39-24-29-55-51(33-39)48-21-10-11-22-53(48)58(55)42-26-27-47-45-19-7-6-17-43(45)44-18-8-9-20-46(44)49(47)35-42/h2-35H,1H2. The van der Waals surface area contributed by atoms with E-state index in [4.69, 9.17) is 0 Å². The number of fused-ring (bicyclic) bond motifs is 12. The van der Waals surface area contributed by atoms with E-state index in [0.717, 1.165) is 16.9 Å². The number of aromatic nitrogens is 2. The molecule has 0 unspecified atom stereocenters. The van der Waals surface area contributed by atoms with E-state index in [2.05, 4.69) is 216 Å². The first-order chi connectivity index (χ1) is 28.7. The molecule has 0 spiro atoms. The highest BCUT2D eigenvalue weighted by atomic mass is 15.0. The van der Waals surface area contributed by atoms with Crippen LogP contribution in [0, 0.1) is 0 Å². The van der Waals surface area contributed by atoms with Gasteiger partial charge in [0.2, 0.25) is 0 Å². The lowest BCUT2D eigenvalue weighted by molar-refractivity contribution is 1.18. The van der Waals surface area contributed by atoms with Crippen LogP contribution in [0.25, 0.3) is 116 Å². The highest BCUT2D eigenvalue weighted by Gasteiger charge is 2.18. The molecule has 0 aliphatic carbocycles. The number of hydrogen-bond acceptors (Lipinski definition) is 0. The molecule has 2 nitrogen and oxygen atoms in total. The predicted octanol–water partition coefficient (Wildman–Crippen LogP) is 15.3. The Morgan fingerprint density at radius 2 is 0.741 bits per heavy atom. The predicted molar refractivity (Wildman–Crippen MR) is 249 cm³/mol. The Hall–Kier alpha value is -7.68. The largest absolute Gasteiger partial charge is 0.309 e. The summed E-state index contributed by atoms with van der Waals surface area (Å²) in [4.78, 5) is 0. The van der Waals surface area contributed by atoms with Gasteiger partial charge in [-0.1, -0.05) is 146 Å². The fraction of sp³-hybridized carbons (Fsp3) is 0. The van der Waals surface area contributed by atoms with E-state index >= 15 is 0 Å². The zero-order valence-corrected chi connectivity index (χ0v) is 31.7. The molecule has 10 aromatic carbocycles. The summed E-state index contributed by atoms with van der Waals surface area (Å²) < 4.78 is 4.84. The van der Waals surface area contributed by atoms with E-state index in [1.807, 2.05) is 6.08 Å². The SMILES string of the molecule is C=Cc1ccc2c(c1)c1cc(-c3ccc4c(c3)c3ccccc3n4-c3ccc4c5ccccc5c5ccccc5c4c3)ccc1n2-c1cccc(-c2ccccc2)c1. The van der Waals surface area contributed by atoms with Crippen molar-refractivity contribution in [2.45, 2.75) is 0 Å². The van der Waals surface area contributed by atoms with Crippen LogP contribution in [0.2, 0.25) is 0 Å². The zero-order chi connectivity index (χ0) is 38.3. The summed E-state index contributed by atoms with van der Waals surface area (Å²) in [5.74, 6) is 0. The van der Waals surface area contributed by atoms with Crippen molar-refractivity contribution in [3.8, 4) is 33.6 Å². The summed E-state index contributed by atoms with van der Waals surface area (Å²) in [6.45, 7) is 4.10. The molecule has 0 amide bonds. The lowest BCUT2D eigenvalue weighted by Gasteiger charge is -2.14. The van der Waals surface area contributed by atoms with Gasteiger partial charge in [0.25, 0.3) is 0 Å². The third kappa shape index (κ3) is 4.85. The molecule has 58 heavy (non-hydrogen) atoms. The summed E-state index contributed by atoms with van der Waals surface area (Å²) in [6, 6.07) is 73.5. The second kappa shape index (κ2) is 12.7. The molecule has 0 N–H and O–H groups in total. The number of rotatable bonds is 5. The topological polar surface area (TPSA) is 9.86 Å². The Balaban J connectivity index is 1.04. The Morgan fingerprint density at radius 1 is 0.276 bits per heavy atom. The lowest BCUT2D eigenvalue weighted by Crippen LogP contribution is -1.95. The van der Waals surface area contributed by atoms with Gasteiger partial charge in [-0.05, 0) is 127 Å². The normalized spacial score (nSPS) is 11.9. The van der Waals surface area contributed by atoms with Gasteiger partial charge in [0.15, 0.2) is 0 Å². The van der Waals surface area contributed by atoms with Crippen molar-refractivity contribution in [3.05, 3.63) is 212 Å². The minimum absolute atomic E-state index is 1.11. The van der Waals surface area contributed by atoms with E-state index in [-0.39, 0.29) is 0 Å². The van der Waals surface area contributed by atoms with Gasteiger partial charge in [0.05, 0.1) is 22.1 Å². The van der Waals surface area contributed by atoms with E-state index < -0.39 is 0 Å². The van der Waals surface area contributed by atoms with Crippen LogP contribution >= 0.6 is 0 Å². The molecule has 0 saturated heterocycles. The Morgan fingerprint density at radius 3 is 1.40 bits per heavy atom. The van der Waals surface area contributed by atoms with Crippen LogP contribution in [0.1, 0.15) is 5.56 Å². The van der Waals surface area contributed by atoms with Crippen LogP contribution in [-0.4, -0.2) is 9.13 Å². The van der Waals surface area contributed by atoms with Crippen LogP contribution < -0.4 is 0 Å². The van der Waals surface area contributed by atoms with E-state index in [9.17, 15) is 0 Å². The first-order valence-corrected chi connectivity index (χ1v) is 20.0. The maximum atomic E-state index is 4.10. The first-order valence-electron chi connectivity index (χ1n) is 20.0. The van der Waals surface area contributed by atoms with Crippen molar-refractivity contribution in [1.82, 2.24) is 9.13 Å². The molecule has 0 aliphatic rings. The summed E-state index contributed by atoms with van der Waals surface area (Å²) >= 11 is 0. The average Bonchev–Trinajstić information content (AvgIpc) is 3.81. The Kier molecular flexibility index (Phi) is 7.11. The van der Waals surface area contributed by atoms with Gasteiger partial charge in [-0.25, -0.2) is 0 Å². The fourth-order valence-electron chi connectivity index (χ4n) is 9.55. The number of hydrogen-bond donors (Lipinski definition) is 0.